The maximum atomic E-state index is 11.3. The Morgan fingerprint density at radius 3 is 2.67 bits per heavy atom. The van der Waals surface area contributed by atoms with Crippen molar-refractivity contribution in [2.45, 2.75) is 25.8 Å². The summed E-state index contributed by atoms with van der Waals surface area (Å²) in [6, 6.07) is 4.84. The van der Waals surface area contributed by atoms with E-state index in [4.69, 9.17) is 10.8 Å². The normalized spacial score (nSPS) is 11.9. The molecule has 18 heavy (non-hydrogen) atoms. The van der Waals surface area contributed by atoms with Crippen LogP contribution in [0.3, 0.4) is 0 Å². The summed E-state index contributed by atoms with van der Waals surface area (Å²) in [6.07, 6.45) is 0.630. The van der Waals surface area contributed by atoms with Crippen molar-refractivity contribution in [1.82, 2.24) is 0 Å². The second-order valence-electron chi connectivity index (χ2n) is 3.90. The first-order valence-corrected chi connectivity index (χ1v) is 6.31. The van der Waals surface area contributed by atoms with E-state index >= 15 is 0 Å². The fourth-order valence-electron chi connectivity index (χ4n) is 1.57. The maximum absolute atomic E-state index is 11.3. The van der Waals surface area contributed by atoms with Crippen molar-refractivity contribution in [3.63, 3.8) is 0 Å². The van der Waals surface area contributed by atoms with E-state index in [0.717, 1.165) is 4.47 Å². The summed E-state index contributed by atoms with van der Waals surface area (Å²) in [6.45, 7) is 1.88. The fraction of sp³-hybridized carbons (Fsp3) is 0.333. The minimum atomic E-state index is -0.882. The summed E-state index contributed by atoms with van der Waals surface area (Å²) in [7, 11) is 0. The van der Waals surface area contributed by atoms with Gasteiger partial charge in [-0.1, -0.05) is 22.9 Å². The Morgan fingerprint density at radius 2 is 2.17 bits per heavy atom. The van der Waals surface area contributed by atoms with Gasteiger partial charge in [0.05, 0.1) is 12.0 Å². The average molecular weight is 315 g/mol. The number of halogens is 1. The molecule has 5 nitrogen and oxygen atoms in total. The van der Waals surface area contributed by atoms with Crippen molar-refractivity contribution in [3.05, 3.63) is 28.2 Å². The molecule has 1 unspecified atom stereocenters. The first kappa shape index (κ1) is 14.5. The topological polar surface area (TPSA) is 92.4 Å². The van der Waals surface area contributed by atoms with Gasteiger partial charge in [-0.05, 0) is 24.6 Å². The predicted molar refractivity (Wildman–Crippen MR) is 72.6 cm³/mol. The van der Waals surface area contributed by atoms with E-state index in [1.54, 1.807) is 18.2 Å². The van der Waals surface area contributed by atoms with Gasteiger partial charge in [-0.25, -0.2) is 0 Å². The fourth-order valence-corrected chi connectivity index (χ4v) is 1.94. The maximum Gasteiger partial charge on any atom is 0.305 e. The van der Waals surface area contributed by atoms with Crippen LogP contribution in [-0.2, 0) is 4.79 Å². The molecule has 0 aliphatic rings. The molecule has 0 saturated carbocycles. The number of carbonyl (C=O) groups is 2. The van der Waals surface area contributed by atoms with Gasteiger partial charge in [0.15, 0.2) is 0 Å². The summed E-state index contributed by atoms with van der Waals surface area (Å²) in [5, 5.41) is 11.8. The van der Waals surface area contributed by atoms with Crippen LogP contribution in [0.4, 0.5) is 5.69 Å². The van der Waals surface area contributed by atoms with Crippen molar-refractivity contribution < 1.29 is 14.7 Å². The lowest BCUT2D eigenvalue weighted by molar-refractivity contribution is -0.137. The molecule has 0 aliphatic heterocycles. The monoisotopic (exact) mass is 314 g/mol. The molecule has 98 valence electrons. The number of hydrogen-bond donors (Lipinski definition) is 3. The van der Waals surface area contributed by atoms with Gasteiger partial charge in [-0.3, -0.25) is 9.59 Å². The SMILES string of the molecule is CCC(CC(=O)O)Nc1ccc(Br)cc1C(N)=O. The lowest BCUT2D eigenvalue weighted by atomic mass is 10.1. The molecule has 0 aliphatic carbocycles. The lowest BCUT2D eigenvalue weighted by Gasteiger charge is -2.18. The Hall–Kier alpha value is -1.56. The van der Waals surface area contributed by atoms with Gasteiger partial charge < -0.3 is 16.2 Å². The van der Waals surface area contributed by atoms with Crippen molar-refractivity contribution in [2.24, 2.45) is 5.73 Å². The first-order chi connectivity index (χ1) is 8.43. The van der Waals surface area contributed by atoms with Crippen molar-refractivity contribution in [1.29, 1.82) is 0 Å². The van der Waals surface area contributed by atoms with Crippen molar-refractivity contribution in [2.75, 3.05) is 5.32 Å². The third kappa shape index (κ3) is 4.03. The molecule has 1 amide bonds. The molecule has 0 heterocycles. The Morgan fingerprint density at radius 1 is 1.50 bits per heavy atom. The summed E-state index contributed by atoms with van der Waals surface area (Å²) < 4.78 is 0.744. The average Bonchev–Trinajstić information content (AvgIpc) is 2.29. The van der Waals surface area contributed by atoms with E-state index in [0.29, 0.717) is 17.7 Å². The van der Waals surface area contributed by atoms with Crippen LogP contribution in [0.1, 0.15) is 30.1 Å². The number of benzene rings is 1. The predicted octanol–water partition coefficient (Wildman–Crippen LogP) is 2.21. The number of aliphatic carboxylic acids is 1. The Labute approximate surface area is 113 Å². The Kier molecular flexibility index (Phi) is 5.15. The molecule has 1 aromatic rings. The number of hydrogen-bond acceptors (Lipinski definition) is 3. The molecule has 0 radical (unpaired) electrons. The van der Waals surface area contributed by atoms with Crippen LogP contribution in [0.15, 0.2) is 22.7 Å². The standard InChI is InChI=1S/C12H15BrN2O3/c1-2-8(6-11(16)17)15-10-4-3-7(13)5-9(10)12(14)18/h3-5,8,15H,2,6H2,1H3,(H2,14,18)(H,16,17). The molecule has 1 aromatic carbocycles. The number of rotatable bonds is 6. The van der Waals surface area contributed by atoms with E-state index < -0.39 is 11.9 Å². The smallest absolute Gasteiger partial charge is 0.305 e. The molecule has 0 aromatic heterocycles. The number of carbonyl (C=O) groups excluding carboxylic acids is 1. The van der Waals surface area contributed by atoms with Gasteiger partial charge >= 0.3 is 5.97 Å². The molecular weight excluding hydrogens is 300 g/mol. The van der Waals surface area contributed by atoms with Crippen LogP contribution >= 0.6 is 15.9 Å². The molecule has 0 spiro atoms. The van der Waals surface area contributed by atoms with Crippen molar-refractivity contribution >= 4 is 33.5 Å². The molecular formula is C12H15BrN2O3. The highest BCUT2D eigenvalue weighted by atomic mass is 79.9. The number of carboxylic acid groups (broad SMARTS) is 1. The van der Waals surface area contributed by atoms with E-state index in [1.165, 1.54) is 0 Å². The quantitative estimate of drug-likeness (QED) is 0.750. The highest BCUT2D eigenvalue weighted by Crippen LogP contribution is 2.22. The number of amides is 1. The molecule has 0 bridgehead atoms. The number of anilines is 1. The van der Waals surface area contributed by atoms with Crippen LogP contribution in [0, 0.1) is 0 Å². The summed E-state index contributed by atoms with van der Waals surface area (Å²) >= 11 is 3.26. The number of primary amides is 1. The minimum Gasteiger partial charge on any atom is -0.481 e. The Balaban J connectivity index is 2.95. The molecule has 0 saturated heterocycles. The van der Waals surface area contributed by atoms with Crippen LogP contribution in [0.2, 0.25) is 0 Å². The van der Waals surface area contributed by atoms with Gasteiger partial charge in [0.2, 0.25) is 0 Å². The van der Waals surface area contributed by atoms with Crippen LogP contribution in [-0.4, -0.2) is 23.0 Å². The lowest BCUT2D eigenvalue weighted by Crippen LogP contribution is -2.24. The van der Waals surface area contributed by atoms with Crippen LogP contribution < -0.4 is 11.1 Å². The Bertz CT molecular complexity index is 463. The van der Waals surface area contributed by atoms with Gasteiger partial charge in [0, 0.05) is 16.2 Å². The number of carboxylic acids is 1. The zero-order valence-corrected chi connectivity index (χ0v) is 11.5. The molecule has 6 heteroatoms. The summed E-state index contributed by atoms with van der Waals surface area (Å²) in [5.41, 5.74) is 6.18. The molecule has 1 atom stereocenters. The molecule has 0 fully saturated rings. The third-order valence-electron chi connectivity index (χ3n) is 2.52. The molecule has 1 rings (SSSR count). The zero-order valence-electron chi connectivity index (χ0n) is 9.94. The minimum absolute atomic E-state index is 0.00916. The van der Waals surface area contributed by atoms with Gasteiger partial charge in [-0.2, -0.15) is 0 Å². The largest absolute Gasteiger partial charge is 0.481 e. The first-order valence-electron chi connectivity index (χ1n) is 5.51. The van der Waals surface area contributed by atoms with Gasteiger partial charge in [0.25, 0.3) is 5.91 Å². The van der Waals surface area contributed by atoms with Crippen molar-refractivity contribution in [3.8, 4) is 0 Å². The summed E-state index contributed by atoms with van der Waals surface area (Å²) in [4.78, 5) is 22.0. The number of nitrogens with one attached hydrogen (secondary N) is 1. The van der Waals surface area contributed by atoms with E-state index in [-0.39, 0.29) is 12.5 Å². The third-order valence-corrected chi connectivity index (χ3v) is 3.01. The highest BCUT2D eigenvalue weighted by Gasteiger charge is 2.15. The molecule has 4 N–H and O–H groups in total. The van der Waals surface area contributed by atoms with Crippen LogP contribution in [0.25, 0.3) is 0 Å². The second kappa shape index (κ2) is 6.39. The van der Waals surface area contributed by atoms with E-state index in [2.05, 4.69) is 21.2 Å². The second-order valence-corrected chi connectivity index (χ2v) is 4.82. The number of nitrogens with two attached hydrogens (primary N) is 1. The van der Waals surface area contributed by atoms with Crippen LogP contribution in [0.5, 0.6) is 0 Å². The summed E-state index contributed by atoms with van der Waals surface area (Å²) in [5.74, 6) is -1.43. The van der Waals surface area contributed by atoms with E-state index in [1.807, 2.05) is 6.92 Å². The van der Waals surface area contributed by atoms with Gasteiger partial charge in [-0.15, -0.1) is 0 Å². The van der Waals surface area contributed by atoms with E-state index in [9.17, 15) is 9.59 Å². The van der Waals surface area contributed by atoms with Gasteiger partial charge in [0.1, 0.15) is 0 Å². The zero-order chi connectivity index (χ0) is 13.7. The highest BCUT2D eigenvalue weighted by molar-refractivity contribution is 9.10.